The van der Waals surface area contributed by atoms with Crippen molar-refractivity contribution in [3.63, 3.8) is 0 Å². The number of nitrogen functional groups attached to an aromatic ring is 3. The van der Waals surface area contributed by atoms with Gasteiger partial charge in [-0.3, -0.25) is 46.8 Å². The predicted molar refractivity (Wildman–Crippen MR) is 253 cm³/mol. The van der Waals surface area contributed by atoms with Crippen LogP contribution in [0.3, 0.4) is 0 Å². The van der Waals surface area contributed by atoms with Crippen molar-refractivity contribution in [1.29, 1.82) is 0 Å². The van der Waals surface area contributed by atoms with Gasteiger partial charge in [0.1, 0.15) is 54.6 Å². The number of hydrogen-bond acceptors (Lipinski definition) is 29. The lowest BCUT2D eigenvalue weighted by Gasteiger charge is -2.27. The number of aliphatic hydroxyl groups excluding tert-OH is 4. The van der Waals surface area contributed by atoms with Gasteiger partial charge in [0, 0.05) is 13.0 Å². The predicted octanol–water partition coefficient (Wildman–Crippen LogP) is -4.03. The number of nitrogens with one attached hydrogen (secondary N) is 2. The fraction of sp³-hybridized carbons (Fsp3) is 0.571. The highest BCUT2D eigenvalue weighted by molar-refractivity contribution is 7.66. The SMILES string of the molecule is COCCO[C@H]1C(OP(=O)(O)OC[C@H]2C[C@@H](n3cnc4c(=O)[nH]c(N)nc43)[C@@H](O)C2O)[C@@H](COP(=O)(O)OP(=O)(O)OP(=O)(O)OC[C@H]2O[C@@H]([n+]3cn(C)c4c(=O)[nH]c(N)nc43)[C@@H](O)C2O)O[C@H]1n1cnc2c(N)ncnc21. The van der Waals surface area contributed by atoms with Gasteiger partial charge in [0.25, 0.3) is 17.1 Å². The quantitative estimate of drug-likeness (QED) is 0.0175. The molecule has 2 aliphatic heterocycles. The minimum absolute atomic E-state index is 0.00711. The van der Waals surface area contributed by atoms with Crippen LogP contribution in [0.5, 0.6) is 0 Å². The molecule has 0 aromatic carbocycles. The maximum atomic E-state index is 13.9. The average Bonchev–Trinajstić information content (AvgIpc) is 4.20. The average molecular weight is 1190 g/mol. The summed E-state index contributed by atoms with van der Waals surface area (Å²) in [6, 6.07) is -1.01. The van der Waals surface area contributed by atoms with E-state index < -0.39 is 135 Å². The molecule has 43 heteroatoms. The normalized spacial score (nSPS) is 29.8. The minimum Gasteiger partial charge on any atom is -0.390 e. The number of ether oxygens (including phenoxy) is 4. The van der Waals surface area contributed by atoms with Crippen LogP contribution in [0.4, 0.5) is 17.7 Å². The molecule has 16 N–H and O–H groups in total. The summed E-state index contributed by atoms with van der Waals surface area (Å²) in [5, 5.41) is 43.6. The Morgan fingerprint density at radius 1 is 0.718 bits per heavy atom. The van der Waals surface area contributed by atoms with Crippen LogP contribution in [0.15, 0.2) is 34.9 Å². The molecule has 8 heterocycles. The Kier molecular flexibility index (Phi) is 16.3. The number of aryl methyl sites for hydroxylation is 1. The van der Waals surface area contributed by atoms with Crippen LogP contribution in [0.25, 0.3) is 33.5 Å². The molecule has 9 rings (SSSR count). The highest BCUT2D eigenvalue weighted by Crippen LogP contribution is 2.68. The Hall–Kier alpha value is -5.15. The molecule has 428 valence electrons. The van der Waals surface area contributed by atoms with E-state index in [2.05, 4.69) is 48.5 Å². The van der Waals surface area contributed by atoms with E-state index in [4.69, 9.17) is 54.2 Å². The molecule has 1 aliphatic carbocycles. The summed E-state index contributed by atoms with van der Waals surface area (Å²) in [6.45, 7) is -3.57. The molecule has 6 aromatic heterocycles. The van der Waals surface area contributed by atoms with Crippen LogP contribution in [-0.2, 0) is 71.0 Å². The molecule has 3 aliphatic rings. The molecule has 78 heavy (non-hydrogen) atoms. The Morgan fingerprint density at radius 2 is 1.36 bits per heavy atom. The van der Waals surface area contributed by atoms with Gasteiger partial charge in [-0.2, -0.15) is 13.6 Å². The van der Waals surface area contributed by atoms with Crippen LogP contribution in [0.2, 0.25) is 0 Å². The third-order valence-corrected chi connectivity index (χ3v) is 17.7. The van der Waals surface area contributed by atoms with Gasteiger partial charge in [0.15, 0.2) is 35.2 Å². The largest absolute Gasteiger partial charge is 0.490 e. The number of phosphoric acid groups is 4. The number of fused-ring (bicyclic) bond motifs is 3. The molecule has 2 saturated heterocycles. The highest BCUT2D eigenvalue weighted by atomic mass is 31.3. The molecular weight excluding hydrogens is 1140 g/mol. The van der Waals surface area contributed by atoms with Crippen LogP contribution in [-0.4, -0.2) is 183 Å². The zero-order chi connectivity index (χ0) is 56.4. The second-order valence-corrected chi connectivity index (χ2v) is 23.6. The molecule has 0 radical (unpaired) electrons. The molecule has 16 atom stereocenters. The van der Waals surface area contributed by atoms with Gasteiger partial charge in [0.05, 0.1) is 64.9 Å². The Labute approximate surface area is 433 Å². The zero-order valence-corrected chi connectivity index (χ0v) is 43.7. The monoisotopic (exact) mass is 1190 g/mol. The fourth-order valence-electron chi connectivity index (χ4n) is 9.00. The van der Waals surface area contributed by atoms with E-state index in [1.54, 1.807) is 0 Å². The van der Waals surface area contributed by atoms with Crippen LogP contribution in [0.1, 0.15) is 24.9 Å². The molecule has 39 nitrogen and oxygen atoms in total. The summed E-state index contributed by atoms with van der Waals surface area (Å²) >= 11 is 0. The lowest BCUT2D eigenvalue weighted by Crippen LogP contribution is -2.46. The lowest BCUT2D eigenvalue weighted by atomic mass is 10.1. The van der Waals surface area contributed by atoms with Gasteiger partial charge in [-0.25, -0.2) is 42.8 Å². The van der Waals surface area contributed by atoms with Gasteiger partial charge in [-0.05, 0) is 6.42 Å². The first-order chi connectivity index (χ1) is 36.7. The van der Waals surface area contributed by atoms with E-state index in [1.807, 2.05) is 0 Å². The number of rotatable bonds is 22. The van der Waals surface area contributed by atoms with Crippen molar-refractivity contribution in [2.75, 3.05) is 57.3 Å². The zero-order valence-electron chi connectivity index (χ0n) is 40.1. The summed E-state index contributed by atoms with van der Waals surface area (Å²) in [6.07, 6.45) is -12.4. The summed E-state index contributed by atoms with van der Waals surface area (Å²) < 4.78 is 110. The minimum atomic E-state index is -6.22. The standard InChI is InChI=1S/C35H49N15O24P4/c1-47-12-50(29-19(47)31(56)46-35(38)44-29)32-23(54)22(53)15(70-32)7-68-76(59,60)73-78(63,64)74-77(61,62)69-8-16-24(25(66-4-3-65-2)33(71-16)49-11-41-17-26(36)39-9-40-27(17)49)72-75(57,58)67-6-13-5-14(21(52)20(13)51)48-10-42-18-28(48)43-34(37)45-30(18)55/h9-16,20-25,32-33,51-54H,3-8H2,1-2H3,(H11-,36,37,38,39,40,43,44,45,46,55,56,57,58,59,60,61,62,63,64)/p+1/t13-,14-,15-,16-,20?,21-,22?,23+,24?,25+,32-,33-/m1/s1. The third-order valence-electron chi connectivity index (χ3n) is 12.4. The van der Waals surface area contributed by atoms with E-state index in [-0.39, 0.29) is 70.8 Å². The number of anilines is 3. The number of nitrogens with zero attached hydrogens (tertiary/aromatic N) is 10. The molecule has 6 aromatic rings. The molecule has 3 fully saturated rings. The second-order valence-electron chi connectivity index (χ2n) is 17.6. The summed E-state index contributed by atoms with van der Waals surface area (Å²) in [4.78, 5) is 96.6. The maximum Gasteiger partial charge on any atom is 0.490 e. The van der Waals surface area contributed by atoms with E-state index >= 15 is 0 Å². The van der Waals surface area contributed by atoms with Gasteiger partial charge in [0.2, 0.25) is 17.7 Å². The first kappa shape index (κ1) is 57.5. The Balaban J connectivity index is 0.886. The maximum absolute atomic E-state index is 13.9. The number of phosphoric ester groups is 3. The Bertz CT molecular complexity index is 3530. The van der Waals surface area contributed by atoms with E-state index in [1.165, 1.54) is 40.5 Å². The molecular formula is C35H50N15O24P4+. The second kappa shape index (κ2) is 22.1. The lowest BCUT2D eigenvalue weighted by molar-refractivity contribution is -0.745. The van der Waals surface area contributed by atoms with E-state index in [9.17, 15) is 67.8 Å². The molecule has 0 amide bonds. The van der Waals surface area contributed by atoms with Crippen molar-refractivity contribution >= 4 is 82.5 Å². The van der Waals surface area contributed by atoms with Gasteiger partial charge in [-0.15, -0.1) is 0 Å². The summed E-state index contributed by atoms with van der Waals surface area (Å²) in [5.74, 6) is -1.76. The topological polar surface area (TPSA) is 562 Å². The summed E-state index contributed by atoms with van der Waals surface area (Å²) in [7, 11) is -20.7. The first-order valence-corrected chi connectivity index (χ1v) is 28.6. The van der Waals surface area contributed by atoms with Crippen LogP contribution in [0, 0.1) is 5.92 Å². The van der Waals surface area contributed by atoms with Crippen molar-refractivity contribution in [2.45, 2.75) is 73.8 Å². The number of imidazole rings is 3. The first-order valence-electron chi connectivity index (χ1n) is 22.6. The Morgan fingerprint density at radius 3 is 2.06 bits per heavy atom. The van der Waals surface area contributed by atoms with E-state index in [0.717, 1.165) is 17.2 Å². The fourth-order valence-corrected chi connectivity index (χ4v) is 13.5. The number of H-pyrrole nitrogens is 2. The molecule has 7 unspecified atom stereocenters. The van der Waals surface area contributed by atoms with Crippen molar-refractivity contribution in [2.24, 2.45) is 13.0 Å². The van der Waals surface area contributed by atoms with Gasteiger partial charge >= 0.3 is 36.9 Å². The van der Waals surface area contributed by atoms with Crippen molar-refractivity contribution < 1.29 is 108 Å². The highest BCUT2D eigenvalue weighted by Gasteiger charge is 2.54. The summed E-state index contributed by atoms with van der Waals surface area (Å²) in [5.41, 5.74) is 15.8. The number of nitrogens with two attached hydrogens (primary N) is 3. The number of aromatic nitrogens is 12. The van der Waals surface area contributed by atoms with E-state index in [0.29, 0.717) is 0 Å². The smallest absolute Gasteiger partial charge is 0.390 e. The molecule has 0 spiro atoms. The molecule has 1 saturated carbocycles. The number of hydrogen-bond donors (Lipinski definition) is 13. The van der Waals surface area contributed by atoms with Crippen molar-refractivity contribution in [3.8, 4) is 0 Å². The number of aromatic amines is 2. The third kappa shape index (κ3) is 11.8. The van der Waals surface area contributed by atoms with Crippen molar-refractivity contribution in [1.82, 2.24) is 53.6 Å². The van der Waals surface area contributed by atoms with Crippen LogP contribution < -0.4 is 32.9 Å². The van der Waals surface area contributed by atoms with Crippen molar-refractivity contribution in [3.05, 3.63) is 46.0 Å². The number of aliphatic hydroxyl groups is 4. The molecule has 0 bridgehead atoms. The van der Waals surface area contributed by atoms with Gasteiger partial charge in [-0.1, -0.05) is 4.98 Å². The van der Waals surface area contributed by atoms with Gasteiger partial charge < -0.3 is 80.7 Å². The van der Waals surface area contributed by atoms with Crippen LogP contribution >= 0.6 is 31.3 Å². The number of methoxy groups -OCH3 is 1.